The van der Waals surface area contributed by atoms with Crippen LogP contribution < -0.4 is 11.1 Å². The highest BCUT2D eigenvalue weighted by Crippen LogP contribution is 2.45. The van der Waals surface area contributed by atoms with Crippen molar-refractivity contribution in [2.75, 3.05) is 6.61 Å². The molecule has 1 aromatic heterocycles. The number of nitrogens with one attached hydrogen (secondary N) is 2. The van der Waals surface area contributed by atoms with Gasteiger partial charge in [-0.3, -0.25) is 14.9 Å². The summed E-state index contributed by atoms with van der Waals surface area (Å²) in [6, 6.07) is 26.7. The van der Waals surface area contributed by atoms with Crippen LogP contribution in [0.4, 0.5) is 0 Å². The van der Waals surface area contributed by atoms with Crippen LogP contribution in [0.2, 0.25) is 0 Å². The van der Waals surface area contributed by atoms with Gasteiger partial charge in [0.25, 0.3) is 0 Å². The molecule has 3 aromatic carbocycles. The second kappa shape index (κ2) is 11.9. The van der Waals surface area contributed by atoms with Crippen LogP contribution in [0.15, 0.2) is 78.9 Å². The third kappa shape index (κ3) is 5.53. The first kappa shape index (κ1) is 27.3. The van der Waals surface area contributed by atoms with Crippen molar-refractivity contribution in [2.24, 2.45) is 17.6 Å². The Balaban J connectivity index is 1.23. The number of carbonyl (C=O) groups is 2. The molecule has 1 aliphatic carbocycles. The number of H-pyrrole nitrogens is 1. The fourth-order valence-corrected chi connectivity index (χ4v) is 7.04. The molecule has 6 heteroatoms. The summed E-state index contributed by atoms with van der Waals surface area (Å²) in [6.07, 6.45) is 5.17. The number of aromatic nitrogens is 1. The summed E-state index contributed by atoms with van der Waals surface area (Å²) >= 11 is 0. The first-order valence-corrected chi connectivity index (χ1v) is 15.0. The number of esters is 1. The third-order valence-electron chi connectivity index (χ3n) is 9.13. The van der Waals surface area contributed by atoms with Crippen molar-refractivity contribution in [3.05, 3.63) is 95.7 Å². The second-order valence-electron chi connectivity index (χ2n) is 11.7. The van der Waals surface area contributed by atoms with Crippen molar-refractivity contribution in [1.82, 2.24) is 10.3 Å². The van der Waals surface area contributed by atoms with E-state index in [-0.39, 0.29) is 35.8 Å². The highest BCUT2D eigenvalue weighted by molar-refractivity contribution is 5.88. The van der Waals surface area contributed by atoms with Crippen molar-refractivity contribution < 1.29 is 14.3 Å². The quantitative estimate of drug-likeness (QED) is 0.221. The Hall–Kier alpha value is -3.90. The maximum Gasteiger partial charge on any atom is 0.313 e. The van der Waals surface area contributed by atoms with Crippen LogP contribution in [0.3, 0.4) is 0 Å². The zero-order valence-electron chi connectivity index (χ0n) is 23.6. The molecule has 0 spiro atoms. The molecule has 0 bridgehead atoms. The van der Waals surface area contributed by atoms with Crippen molar-refractivity contribution in [3.63, 3.8) is 0 Å². The number of carbonyl (C=O) groups excluding carboxylic acids is 2. The van der Waals surface area contributed by atoms with E-state index in [1.807, 2.05) is 37.3 Å². The Bertz CT molecular complexity index is 1500. The molecule has 4 N–H and O–H groups in total. The Kier molecular flexibility index (Phi) is 7.93. The van der Waals surface area contributed by atoms with Gasteiger partial charge < -0.3 is 15.5 Å². The van der Waals surface area contributed by atoms with E-state index in [1.54, 1.807) is 0 Å². The van der Waals surface area contributed by atoms with Gasteiger partial charge in [0.15, 0.2) is 0 Å². The van der Waals surface area contributed by atoms with E-state index in [0.717, 1.165) is 54.3 Å². The topological polar surface area (TPSA) is 97.2 Å². The van der Waals surface area contributed by atoms with Gasteiger partial charge in [-0.25, -0.2) is 0 Å². The highest BCUT2D eigenvalue weighted by atomic mass is 16.5. The number of rotatable bonds is 8. The predicted octanol–water partition coefficient (Wildman–Crippen LogP) is 6.42. The average molecular weight is 550 g/mol. The number of benzene rings is 3. The summed E-state index contributed by atoms with van der Waals surface area (Å²) in [4.78, 5) is 29.4. The van der Waals surface area contributed by atoms with Gasteiger partial charge in [0.2, 0.25) is 5.91 Å². The Morgan fingerprint density at radius 1 is 0.902 bits per heavy atom. The predicted molar refractivity (Wildman–Crippen MR) is 162 cm³/mol. The molecule has 2 heterocycles. The standard InChI is InChI=1S/C35H39N3O3/c1-2-20-41-35(40)31(24-14-12-23(13-15-24)22-8-4-3-5-9-22)25-16-18-26(19-17-25)32-33-28(21-30(38-32)34(36)39)27-10-6-7-11-29(27)37-33/h3-15,25-26,30-32,37-38H,2,16-21H2,1H3,(H2,36,39). The van der Waals surface area contributed by atoms with E-state index in [4.69, 9.17) is 10.5 Å². The third-order valence-corrected chi connectivity index (χ3v) is 9.13. The van der Waals surface area contributed by atoms with Crippen LogP contribution in [0, 0.1) is 11.8 Å². The lowest BCUT2D eigenvalue weighted by molar-refractivity contribution is -0.147. The van der Waals surface area contributed by atoms with Gasteiger partial charge in [-0.1, -0.05) is 79.7 Å². The van der Waals surface area contributed by atoms with E-state index in [2.05, 4.69) is 58.8 Å². The minimum atomic E-state index is -0.385. The number of hydrogen-bond donors (Lipinski definition) is 3. The Morgan fingerprint density at radius 2 is 1.59 bits per heavy atom. The molecule has 1 saturated carbocycles. The number of primary amides is 1. The van der Waals surface area contributed by atoms with Gasteiger partial charge in [-0.15, -0.1) is 0 Å². The molecule has 212 valence electrons. The van der Waals surface area contributed by atoms with E-state index in [0.29, 0.717) is 18.9 Å². The van der Waals surface area contributed by atoms with Crippen molar-refractivity contribution >= 4 is 22.8 Å². The first-order valence-electron chi connectivity index (χ1n) is 15.0. The maximum absolute atomic E-state index is 13.4. The molecule has 1 aliphatic heterocycles. The summed E-state index contributed by atoms with van der Waals surface area (Å²) in [5, 5.41) is 4.76. The SMILES string of the molecule is CCCOC(=O)C(c1ccc(-c2ccccc2)cc1)C1CCC(C2NC(C(N)=O)Cc3c2[nH]c2ccccc32)CC1. The molecular formula is C35H39N3O3. The monoisotopic (exact) mass is 549 g/mol. The van der Waals surface area contributed by atoms with Gasteiger partial charge in [0, 0.05) is 16.6 Å². The first-order chi connectivity index (χ1) is 20.0. The van der Waals surface area contributed by atoms with E-state index in [9.17, 15) is 9.59 Å². The molecule has 6 nitrogen and oxygen atoms in total. The molecule has 3 atom stereocenters. The fraction of sp³-hybridized carbons (Fsp3) is 0.371. The lowest BCUT2D eigenvalue weighted by atomic mass is 9.70. The minimum absolute atomic E-state index is 0.0280. The van der Waals surface area contributed by atoms with Crippen molar-refractivity contribution in [1.29, 1.82) is 0 Å². The number of nitrogens with two attached hydrogens (primary N) is 1. The smallest absolute Gasteiger partial charge is 0.313 e. The highest BCUT2D eigenvalue weighted by Gasteiger charge is 2.40. The zero-order chi connectivity index (χ0) is 28.3. The molecular weight excluding hydrogens is 510 g/mol. The summed E-state index contributed by atoms with van der Waals surface area (Å²) < 4.78 is 5.73. The van der Waals surface area contributed by atoms with Crippen molar-refractivity contribution in [2.45, 2.75) is 63.5 Å². The maximum atomic E-state index is 13.4. The van der Waals surface area contributed by atoms with E-state index >= 15 is 0 Å². The molecule has 4 aromatic rings. The second-order valence-corrected chi connectivity index (χ2v) is 11.7. The minimum Gasteiger partial charge on any atom is -0.465 e. The van der Waals surface area contributed by atoms with Crippen LogP contribution in [0.1, 0.15) is 67.8 Å². The summed E-state index contributed by atoms with van der Waals surface area (Å²) in [5.41, 5.74) is 12.6. The fourth-order valence-electron chi connectivity index (χ4n) is 7.04. The molecule has 1 amide bonds. The molecule has 2 aliphatic rings. The zero-order valence-corrected chi connectivity index (χ0v) is 23.6. The normalized spacial score (nSPS) is 23.0. The van der Waals surface area contributed by atoms with Gasteiger partial charge in [0.1, 0.15) is 0 Å². The number of fused-ring (bicyclic) bond motifs is 3. The van der Waals surface area contributed by atoms with Gasteiger partial charge in [-0.2, -0.15) is 0 Å². The van der Waals surface area contributed by atoms with Crippen LogP contribution in [-0.4, -0.2) is 29.5 Å². The number of hydrogen-bond acceptors (Lipinski definition) is 4. The molecule has 0 radical (unpaired) electrons. The van der Waals surface area contributed by atoms with E-state index < -0.39 is 0 Å². The summed E-state index contributed by atoms with van der Waals surface area (Å²) in [6.45, 7) is 2.47. The van der Waals surface area contributed by atoms with Crippen molar-refractivity contribution in [3.8, 4) is 11.1 Å². The Labute approximate surface area is 241 Å². The lowest BCUT2D eigenvalue weighted by Crippen LogP contribution is -2.50. The summed E-state index contributed by atoms with van der Waals surface area (Å²) in [5.74, 6) is -0.167. The average Bonchev–Trinajstić information content (AvgIpc) is 3.39. The van der Waals surface area contributed by atoms with Gasteiger partial charge >= 0.3 is 5.97 Å². The molecule has 6 rings (SSSR count). The molecule has 41 heavy (non-hydrogen) atoms. The number of amides is 1. The number of ether oxygens (including phenoxy) is 1. The largest absolute Gasteiger partial charge is 0.465 e. The summed E-state index contributed by atoms with van der Waals surface area (Å²) in [7, 11) is 0. The van der Waals surface area contributed by atoms with Crippen LogP contribution in [-0.2, 0) is 20.7 Å². The molecule has 0 saturated heterocycles. The van der Waals surface area contributed by atoms with E-state index in [1.165, 1.54) is 16.6 Å². The number of aromatic amines is 1. The van der Waals surface area contributed by atoms with Gasteiger partial charge in [-0.05, 0) is 78.7 Å². The number of para-hydroxylation sites is 1. The molecule has 3 unspecified atom stereocenters. The molecule has 1 fully saturated rings. The Morgan fingerprint density at radius 3 is 2.29 bits per heavy atom. The van der Waals surface area contributed by atoms with Crippen LogP contribution >= 0.6 is 0 Å². The van der Waals surface area contributed by atoms with Gasteiger partial charge in [0.05, 0.1) is 24.6 Å². The van der Waals surface area contributed by atoms with Crippen LogP contribution in [0.25, 0.3) is 22.0 Å². The lowest BCUT2D eigenvalue weighted by Gasteiger charge is -2.40. The van der Waals surface area contributed by atoms with Crippen LogP contribution in [0.5, 0.6) is 0 Å².